The van der Waals surface area contributed by atoms with Gasteiger partial charge in [-0.2, -0.15) is 0 Å². The van der Waals surface area contributed by atoms with Crippen LogP contribution in [0.3, 0.4) is 0 Å². The van der Waals surface area contributed by atoms with Crippen LogP contribution in [-0.2, 0) is 0 Å². The second-order valence-corrected chi connectivity index (χ2v) is 3.28. The molecule has 1 heterocycles. The largest absolute Gasteiger partial charge is 0.256 e. The lowest BCUT2D eigenvalue weighted by Crippen LogP contribution is -1.83. The van der Waals surface area contributed by atoms with Gasteiger partial charge in [0.15, 0.2) is 0 Å². The molecule has 0 unspecified atom stereocenters. The zero-order chi connectivity index (χ0) is 8.55. The molecule has 2 rings (SSSR count). The van der Waals surface area contributed by atoms with Crippen molar-refractivity contribution < 1.29 is 4.39 Å². The van der Waals surface area contributed by atoms with Crippen LogP contribution in [0, 0.1) is 5.82 Å². The molecule has 0 N–H and O–H groups in total. The van der Waals surface area contributed by atoms with E-state index in [0.29, 0.717) is 10.9 Å². The van der Waals surface area contributed by atoms with Crippen LogP contribution in [0.2, 0.25) is 0 Å². The molecule has 1 aromatic carbocycles. The zero-order valence-electron chi connectivity index (χ0n) is 6.09. The van der Waals surface area contributed by atoms with E-state index in [0.717, 1.165) is 4.47 Å². The predicted octanol–water partition coefficient (Wildman–Crippen LogP) is 3.14. The van der Waals surface area contributed by atoms with Gasteiger partial charge < -0.3 is 0 Å². The molecule has 0 fully saturated rings. The summed E-state index contributed by atoms with van der Waals surface area (Å²) in [7, 11) is 0. The maximum atomic E-state index is 13.2. The third-order valence-corrected chi connectivity index (χ3v) is 2.33. The normalized spacial score (nSPS) is 10.5. The molecule has 0 atom stereocenters. The van der Waals surface area contributed by atoms with E-state index in [1.54, 1.807) is 12.1 Å². The lowest BCUT2D eigenvalue weighted by Gasteiger charge is -1.99. The molecule has 0 saturated carbocycles. The van der Waals surface area contributed by atoms with E-state index in [4.69, 9.17) is 0 Å². The van der Waals surface area contributed by atoms with E-state index in [-0.39, 0.29) is 5.82 Å². The van der Waals surface area contributed by atoms with Crippen LogP contribution in [0.25, 0.3) is 10.9 Å². The smallest absolute Gasteiger partial charge is 0.135 e. The summed E-state index contributed by atoms with van der Waals surface area (Å²) in [5.74, 6) is -0.243. The van der Waals surface area contributed by atoms with Gasteiger partial charge >= 0.3 is 0 Å². The average molecular weight is 226 g/mol. The van der Waals surface area contributed by atoms with Gasteiger partial charge in [0.2, 0.25) is 0 Å². The third kappa shape index (κ3) is 1.10. The topological polar surface area (TPSA) is 12.9 Å². The summed E-state index contributed by atoms with van der Waals surface area (Å²) < 4.78 is 13.9. The van der Waals surface area contributed by atoms with Crippen molar-refractivity contribution >= 4 is 26.8 Å². The molecule has 0 amide bonds. The minimum Gasteiger partial charge on any atom is -0.256 e. The number of halogens is 2. The molecule has 1 nitrogen and oxygen atoms in total. The second-order valence-electron chi connectivity index (χ2n) is 2.43. The zero-order valence-corrected chi connectivity index (χ0v) is 7.68. The molecule has 3 heteroatoms. The molecule has 0 aliphatic heterocycles. The summed E-state index contributed by atoms with van der Waals surface area (Å²) in [6.07, 6.45) is 1.46. The fraction of sp³-hybridized carbons (Fsp3) is 0. The number of fused-ring (bicyclic) bond motifs is 1. The summed E-state index contributed by atoms with van der Waals surface area (Å²) in [5, 5.41) is 0.542. The monoisotopic (exact) mass is 225 g/mol. The van der Waals surface area contributed by atoms with Crippen LogP contribution >= 0.6 is 15.9 Å². The Morgan fingerprint density at radius 1 is 1.25 bits per heavy atom. The fourth-order valence-corrected chi connectivity index (χ4v) is 1.67. The number of pyridine rings is 1. The number of aromatic nitrogens is 1. The number of hydrogen-bond acceptors (Lipinski definition) is 1. The third-order valence-electron chi connectivity index (χ3n) is 1.66. The van der Waals surface area contributed by atoms with Crippen LogP contribution in [0.15, 0.2) is 34.9 Å². The van der Waals surface area contributed by atoms with Gasteiger partial charge in [-0.15, -0.1) is 0 Å². The molecule has 1 aromatic heterocycles. The molecule has 60 valence electrons. The van der Waals surface area contributed by atoms with Gasteiger partial charge in [0.25, 0.3) is 0 Å². The first-order valence-corrected chi connectivity index (χ1v) is 4.27. The highest BCUT2D eigenvalue weighted by molar-refractivity contribution is 9.10. The average Bonchev–Trinajstić information content (AvgIpc) is 2.04. The van der Waals surface area contributed by atoms with Crippen LogP contribution in [-0.4, -0.2) is 4.98 Å². The van der Waals surface area contributed by atoms with Crippen LogP contribution in [0.5, 0.6) is 0 Å². The molecule has 12 heavy (non-hydrogen) atoms. The lowest BCUT2D eigenvalue weighted by atomic mass is 10.2. The number of hydrogen-bond donors (Lipinski definition) is 0. The first-order chi connectivity index (χ1) is 5.79. The summed E-state index contributed by atoms with van der Waals surface area (Å²) >= 11 is 3.27. The van der Waals surface area contributed by atoms with Gasteiger partial charge in [0.05, 0.1) is 10.9 Å². The molecule has 0 aliphatic carbocycles. The molecule has 0 radical (unpaired) electrons. The minimum absolute atomic E-state index is 0.243. The van der Waals surface area contributed by atoms with Crippen molar-refractivity contribution in [3.63, 3.8) is 0 Å². The van der Waals surface area contributed by atoms with Gasteiger partial charge in [-0.05, 0) is 34.1 Å². The standard InChI is InChI=1S/C9H5BrFN/c10-6-2-1-3-8-9(6)7(11)4-5-12-8/h1-5H. The Morgan fingerprint density at radius 2 is 2.08 bits per heavy atom. The number of rotatable bonds is 0. The van der Waals surface area contributed by atoms with Crippen molar-refractivity contribution in [3.8, 4) is 0 Å². The van der Waals surface area contributed by atoms with Crippen molar-refractivity contribution in [1.82, 2.24) is 4.98 Å². The maximum absolute atomic E-state index is 13.2. The van der Waals surface area contributed by atoms with Crippen molar-refractivity contribution in [2.75, 3.05) is 0 Å². The van der Waals surface area contributed by atoms with E-state index in [1.807, 2.05) is 6.07 Å². The lowest BCUT2D eigenvalue weighted by molar-refractivity contribution is 0.638. The Morgan fingerprint density at radius 3 is 2.83 bits per heavy atom. The van der Waals surface area contributed by atoms with E-state index in [9.17, 15) is 4.39 Å². The van der Waals surface area contributed by atoms with Gasteiger partial charge in [0.1, 0.15) is 5.82 Å². The van der Waals surface area contributed by atoms with Crippen LogP contribution in [0.4, 0.5) is 4.39 Å². The first-order valence-electron chi connectivity index (χ1n) is 3.48. The summed E-state index contributed by atoms with van der Waals surface area (Å²) in [6, 6.07) is 6.77. The molecule has 0 spiro atoms. The van der Waals surface area contributed by atoms with Gasteiger partial charge in [0, 0.05) is 10.7 Å². The van der Waals surface area contributed by atoms with E-state index in [1.165, 1.54) is 12.3 Å². The molecule has 0 bridgehead atoms. The molecular weight excluding hydrogens is 221 g/mol. The van der Waals surface area contributed by atoms with E-state index >= 15 is 0 Å². The minimum atomic E-state index is -0.243. The quantitative estimate of drug-likeness (QED) is 0.672. The molecule has 0 aliphatic rings. The molecule has 0 saturated heterocycles. The van der Waals surface area contributed by atoms with Crippen molar-refractivity contribution in [2.45, 2.75) is 0 Å². The van der Waals surface area contributed by atoms with Crippen molar-refractivity contribution in [1.29, 1.82) is 0 Å². The van der Waals surface area contributed by atoms with Gasteiger partial charge in [-0.3, -0.25) is 4.98 Å². The van der Waals surface area contributed by atoms with Crippen molar-refractivity contribution in [3.05, 3.63) is 40.8 Å². The van der Waals surface area contributed by atoms with Gasteiger partial charge in [-0.25, -0.2) is 4.39 Å². The fourth-order valence-electron chi connectivity index (χ4n) is 1.12. The number of nitrogens with zero attached hydrogens (tertiary/aromatic N) is 1. The Kier molecular flexibility index (Phi) is 1.81. The summed E-state index contributed by atoms with van der Waals surface area (Å²) in [5.41, 5.74) is 0.671. The maximum Gasteiger partial charge on any atom is 0.135 e. The SMILES string of the molecule is Fc1ccnc2cccc(Br)c12. The van der Waals surface area contributed by atoms with E-state index < -0.39 is 0 Å². The highest BCUT2D eigenvalue weighted by Crippen LogP contribution is 2.24. The highest BCUT2D eigenvalue weighted by atomic mass is 79.9. The van der Waals surface area contributed by atoms with Gasteiger partial charge in [-0.1, -0.05) is 6.07 Å². The molecular formula is C9H5BrFN. The van der Waals surface area contributed by atoms with Crippen LogP contribution in [0.1, 0.15) is 0 Å². The Balaban J connectivity index is 2.96. The molecule has 2 aromatic rings. The number of benzene rings is 1. The highest BCUT2D eigenvalue weighted by Gasteiger charge is 2.03. The predicted molar refractivity (Wildman–Crippen MR) is 49.4 cm³/mol. The first kappa shape index (κ1) is 7.68. The van der Waals surface area contributed by atoms with Crippen LogP contribution < -0.4 is 0 Å². The summed E-state index contributed by atoms with van der Waals surface area (Å²) in [4.78, 5) is 4.03. The van der Waals surface area contributed by atoms with Crippen molar-refractivity contribution in [2.24, 2.45) is 0 Å². The Bertz CT molecular complexity index is 391. The second kappa shape index (κ2) is 2.83. The summed E-state index contributed by atoms with van der Waals surface area (Å²) in [6.45, 7) is 0. The Hall–Kier alpha value is -0.960. The van der Waals surface area contributed by atoms with E-state index in [2.05, 4.69) is 20.9 Å². The Labute approximate surface area is 77.4 Å².